The van der Waals surface area contributed by atoms with Gasteiger partial charge in [0.1, 0.15) is 11.5 Å². The average molecular weight is 306 g/mol. The molecule has 0 radical (unpaired) electrons. The molecule has 0 aliphatic carbocycles. The lowest BCUT2D eigenvalue weighted by Crippen LogP contribution is -1.83. The molecule has 106 valence electrons. The number of rotatable bonds is 5. The highest BCUT2D eigenvalue weighted by Gasteiger charge is 2.05. The predicted octanol–water partition coefficient (Wildman–Crippen LogP) is 5.02. The van der Waals surface area contributed by atoms with Gasteiger partial charge in [-0.2, -0.15) is 0 Å². The molecule has 0 amide bonds. The molecule has 0 heterocycles. The van der Waals surface area contributed by atoms with E-state index in [1.54, 1.807) is 33.7 Å². The third-order valence-electron chi connectivity index (χ3n) is 3.10. The van der Waals surface area contributed by atoms with Crippen LogP contribution >= 0.6 is 21.6 Å². The van der Waals surface area contributed by atoms with Crippen molar-refractivity contribution in [3.05, 3.63) is 47.5 Å². The van der Waals surface area contributed by atoms with Crippen molar-refractivity contribution in [3.8, 4) is 11.5 Å². The quantitative estimate of drug-likeness (QED) is 0.761. The Morgan fingerprint density at radius 2 is 1.15 bits per heavy atom. The van der Waals surface area contributed by atoms with Gasteiger partial charge < -0.3 is 10.2 Å². The van der Waals surface area contributed by atoms with Gasteiger partial charge in [0.05, 0.1) is 0 Å². The van der Waals surface area contributed by atoms with Gasteiger partial charge in [-0.1, -0.05) is 35.4 Å². The van der Waals surface area contributed by atoms with Gasteiger partial charge in [-0.05, 0) is 60.4 Å². The number of phenolic OH excluding ortho intramolecular Hbond substituents is 2. The summed E-state index contributed by atoms with van der Waals surface area (Å²) in [6, 6.07) is 11.4. The van der Waals surface area contributed by atoms with E-state index in [1.807, 2.05) is 38.1 Å². The molecule has 0 bridgehead atoms. The molecule has 0 spiro atoms. The molecule has 4 heteroatoms. The first-order chi connectivity index (χ1) is 9.63. The summed E-state index contributed by atoms with van der Waals surface area (Å²) >= 11 is 0. The molecule has 0 saturated carbocycles. The first-order valence-electron chi connectivity index (χ1n) is 6.62. The molecule has 2 aromatic rings. The number of phenols is 2. The van der Waals surface area contributed by atoms with Crippen LogP contribution in [-0.2, 0) is 12.8 Å². The summed E-state index contributed by atoms with van der Waals surface area (Å²) in [5, 5.41) is 19.4. The second-order valence-corrected chi connectivity index (χ2v) is 6.73. The van der Waals surface area contributed by atoms with Crippen molar-refractivity contribution in [3.63, 3.8) is 0 Å². The number of aryl methyl sites for hydroxylation is 2. The van der Waals surface area contributed by atoms with Crippen LogP contribution in [0.3, 0.4) is 0 Å². The van der Waals surface area contributed by atoms with E-state index in [1.165, 1.54) is 0 Å². The molecule has 0 saturated heterocycles. The predicted molar refractivity (Wildman–Crippen MR) is 86.7 cm³/mol. The van der Waals surface area contributed by atoms with Crippen molar-refractivity contribution >= 4 is 21.6 Å². The third-order valence-corrected chi connectivity index (χ3v) is 5.48. The normalized spacial score (nSPS) is 10.7. The summed E-state index contributed by atoms with van der Waals surface area (Å²) in [5.41, 5.74) is 1.94. The van der Waals surface area contributed by atoms with Crippen LogP contribution in [0.5, 0.6) is 11.5 Å². The highest BCUT2D eigenvalue weighted by atomic mass is 33.1. The van der Waals surface area contributed by atoms with Crippen LogP contribution in [0.25, 0.3) is 0 Å². The molecule has 0 fully saturated rings. The monoisotopic (exact) mass is 306 g/mol. The molecular weight excluding hydrogens is 288 g/mol. The topological polar surface area (TPSA) is 40.5 Å². The van der Waals surface area contributed by atoms with E-state index in [4.69, 9.17) is 0 Å². The van der Waals surface area contributed by atoms with Gasteiger partial charge in [-0.15, -0.1) is 0 Å². The van der Waals surface area contributed by atoms with E-state index in [9.17, 15) is 10.2 Å². The fraction of sp³-hybridized carbons (Fsp3) is 0.250. The Bertz CT molecular complexity index is 544. The third kappa shape index (κ3) is 3.64. The van der Waals surface area contributed by atoms with E-state index >= 15 is 0 Å². The van der Waals surface area contributed by atoms with Gasteiger partial charge in [0.2, 0.25) is 0 Å². The van der Waals surface area contributed by atoms with Crippen LogP contribution in [-0.4, -0.2) is 10.2 Å². The van der Waals surface area contributed by atoms with Gasteiger partial charge in [-0.3, -0.25) is 0 Å². The average Bonchev–Trinajstić information content (AvgIpc) is 2.47. The van der Waals surface area contributed by atoms with E-state index in [0.29, 0.717) is 11.5 Å². The lowest BCUT2D eigenvalue weighted by molar-refractivity contribution is 0.468. The molecule has 2 N–H and O–H groups in total. The number of benzene rings is 2. The van der Waals surface area contributed by atoms with Crippen LogP contribution in [0.15, 0.2) is 46.2 Å². The number of hydrogen-bond donors (Lipinski definition) is 2. The van der Waals surface area contributed by atoms with Crippen molar-refractivity contribution in [1.82, 2.24) is 0 Å². The fourth-order valence-corrected chi connectivity index (χ4v) is 3.91. The van der Waals surface area contributed by atoms with Gasteiger partial charge >= 0.3 is 0 Å². The molecule has 0 atom stereocenters. The van der Waals surface area contributed by atoms with Crippen LogP contribution in [0.2, 0.25) is 0 Å². The molecule has 0 aliphatic rings. The minimum atomic E-state index is 0.361. The van der Waals surface area contributed by atoms with Crippen LogP contribution < -0.4 is 0 Å². The smallest absolute Gasteiger partial charge is 0.118 e. The minimum absolute atomic E-state index is 0.361. The fourth-order valence-electron chi connectivity index (χ4n) is 1.89. The Balaban J connectivity index is 2.08. The first kappa shape index (κ1) is 15.1. The maximum absolute atomic E-state index is 9.68. The first-order valence-corrected chi connectivity index (χ1v) is 8.77. The Hall–Kier alpha value is -1.26. The molecule has 2 aromatic carbocycles. The zero-order valence-electron chi connectivity index (χ0n) is 11.6. The van der Waals surface area contributed by atoms with Crippen molar-refractivity contribution < 1.29 is 10.2 Å². The zero-order chi connectivity index (χ0) is 14.5. The lowest BCUT2D eigenvalue weighted by atomic mass is 10.1. The molecule has 2 nitrogen and oxygen atoms in total. The molecule has 20 heavy (non-hydrogen) atoms. The molecular formula is C16H18O2S2. The summed E-state index contributed by atoms with van der Waals surface area (Å²) in [4.78, 5) is 2.24. The Kier molecular flexibility index (Phi) is 5.26. The minimum Gasteiger partial charge on any atom is -0.508 e. The van der Waals surface area contributed by atoms with Crippen LogP contribution in [0, 0.1) is 0 Å². The summed E-state index contributed by atoms with van der Waals surface area (Å²) in [6.07, 6.45) is 1.65. The zero-order valence-corrected chi connectivity index (χ0v) is 13.2. The molecule has 0 aliphatic heterocycles. The van der Waals surface area contributed by atoms with Gasteiger partial charge in [0.15, 0.2) is 0 Å². The summed E-state index contributed by atoms with van der Waals surface area (Å²) in [5.74, 6) is 0.722. The highest BCUT2D eigenvalue weighted by molar-refractivity contribution is 8.76. The van der Waals surface area contributed by atoms with Crippen molar-refractivity contribution in [2.45, 2.75) is 36.5 Å². The van der Waals surface area contributed by atoms with E-state index in [2.05, 4.69) is 0 Å². The maximum atomic E-state index is 9.68. The van der Waals surface area contributed by atoms with Gasteiger partial charge in [0, 0.05) is 9.79 Å². The Morgan fingerprint density at radius 3 is 1.50 bits per heavy atom. The maximum Gasteiger partial charge on any atom is 0.118 e. The highest BCUT2D eigenvalue weighted by Crippen LogP contribution is 2.40. The Morgan fingerprint density at radius 1 is 0.750 bits per heavy atom. The van der Waals surface area contributed by atoms with Gasteiger partial charge in [0.25, 0.3) is 0 Å². The van der Waals surface area contributed by atoms with E-state index in [-0.39, 0.29) is 0 Å². The van der Waals surface area contributed by atoms with Gasteiger partial charge in [-0.25, -0.2) is 0 Å². The van der Waals surface area contributed by atoms with E-state index < -0.39 is 0 Å². The number of aromatic hydroxyl groups is 2. The molecule has 0 unspecified atom stereocenters. The Labute approximate surface area is 127 Å². The molecule has 0 aromatic heterocycles. The SMILES string of the molecule is CCc1cc(SSc2ccc(O)c(CC)c2)ccc1O. The van der Waals surface area contributed by atoms with E-state index in [0.717, 1.165) is 33.8 Å². The molecule has 2 rings (SSSR count). The number of hydrogen-bond acceptors (Lipinski definition) is 4. The van der Waals surface area contributed by atoms with Crippen molar-refractivity contribution in [2.24, 2.45) is 0 Å². The second-order valence-electron chi connectivity index (χ2n) is 4.45. The standard InChI is InChI=1S/C16H18O2S2/c1-3-11-9-13(5-7-15(11)17)19-20-14-6-8-16(18)12(4-2)10-14/h5-10,17-18H,3-4H2,1-2H3. The summed E-state index contributed by atoms with van der Waals surface area (Å²) in [7, 11) is 3.32. The van der Waals surface area contributed by atoms with Crippen molar-refractivity contribution in [2.75, 3.05) is 0 Å². The van der Waals surface area contributed by atoms with Crippen LogP contribution in [0.1, 0.15) is 25.0 Å². The largest absolute Gasteiger partial charge is 0.508 e. The van der Waals surface area contributed by atoms with Crippen LogP contribution in [0.4, 0.5) is 0 Å². The second kappa shape index (κ2) is 6.95. The lowest BCUT2D eigenvalue weighted by Gasteiger charge is -2.07. The van der Waals surface area contributed by atoms with Crippen molar-refractivity contribution in [1.29, 1.82) is 0 Å². The summed E-state index contributed by atoms with van der Waals surface area (Å²) < 4.78 is 0. The summed E-state index contributed by atoms with van der Waals surface area (Å²) in [6.45, 7) is 4.06.